The lowest BCUT2D eigenvalue weighted by Gasteiger charge is -2.05. The topological polar surface area (TPSA) is 61.4 Å². The number of hydrogen-bond donors (Lipinski definition) is 3. The normalized spacial score (nSPS) is 9.57. The summed E-state index contributed by atoms with van der Waals surface area (Å²) in [5.41, 5.74) is 1.54. The molecule has 1 rings (SSSR count). The summed E-state index contributed by atoms with van der Waals surface area (Å²) in [7, 11) is 0. The van der Waals surface area contributed by atoms with E-state index < -0.39 is 0 Å². The molecule has 0 radical (unpaired) electrons. The second-order valence-electron chi connectivity index (χ2n) is 2.84. The van der Waals surface area contributed by atoms with E-state index in [1.54, 1.807) is 24.3 Å². The lowest BCUT2D eigenvalue weighted by atomic mass is 10.2. The van der Waals surface area contributed by atoms with Gasteiger partial charge in [-0.3, -0.25) is 0 Å². The quantitative estimate of drug-likeness (QED) is 0.679. The summed E-state index contributed by atoms with van der Waals surface area (Å²) < 4.78 is 0. The number of benzene rings is 1. The summed E-state index contributed by atoms with van der Waals surface area (Å²) in [5, 5.41) is 14.1. The maximum absolute atomic E-state index is 11.1. The van der Waals surface area contributed by atoms with Crippen molar-refractivity contribution in [1.29, 1.82) is 0 Å². The fourth-order valence-corrected chi connectivity index (χ4v) is 1.03. The number of anilines is 1. The maximum atomic E-state index is 11.1. The first-order chi connectivity index (χ1) is 6.76. The first kappa shape index (κ1) is 10.5. The Hall–Kier alpha value is -1.55. The molecule has 0 saturated carbocycles. The highest BCUT2D eigenvalue weighted by Gasteiger charge is 1.98. The number of urea groups is 1. The largest absolute Gasteiger partial charge is 0.392 e. The van der Waals surface area contributed by atoms with Crippen molar-refractivity contribution in [3.8, 4) is 0 Å². The molecule has 0 aliphatic carbocycles. The lowest BCUT2D eigenvalue weighted by molar-refractivity contribution is 0.252. The van der Waals surface area contributed by atoms with Crippen LogP contribution in [0.2, 0.25) is 0 Å². The zero-order chi connectivity index (χ0) is 10.4. The average Bonchev–Trinajstić information content (AvgIpc) is 2.19. The van der Waals surface area contributed by atoms with E-state index >= 15 is 0 Å². The monoisotopic (exact) mass is 194 g/mol. The summed E-state index contributed by atoms with van der Waals surface area (Å²) in [6, 6.07) is 6.81. The molecule has 1 aromatic rings. The van der Waals surface area contributed by atoms with E-state index in [4.69, 9.17) is 5.11 Å². The second-order valence-corrected chi connectivity index (χ2v) is 2.84. The van der Waals surface area contributed by atoms with Gasteiger partial charge in [-0.25, -0.2) is 4.79 Å². The Balaban J connectivity index is 2.55. The Labute approximate surface area is 82.9 Å². The molecule has 0 heterocycles. The fraction of sp³-hybridized carbons (Fsp3) is 0.300. The van der Waals surface area contributed by atoms with Crippen LogP contribution in [0, 0.1) is 0 Å². The van der Waals surface area contributed by atoms with Gasteiger partial charge < -0.3 is 15.7 Å². The van der Waals surface area contributed by atoms with Gasteiger partial charge in [0.15, 0.2) is 0 Å². The molecule has 3 N–H and O–H groups in total. The number of aliphatic hydroxyl groups excluding tert-OH is 1. The Bertz CT molecular complexity index is 295. The third kappa shape index (κ3) is 3.06. The molecule has 4 heteroatoms. The van der Waals surface area contributed by atoms with Gasteiger partial charge in [-0.1, -0.05) is 12.1 Å². The number of rotatable bonds is 3. The van der Waals surface area contributed by atoms with Gasteiger partial charge in [0.05, 0.1) is 6.61 Å². The van der Waals surface area contributed by atoms with Gasteiger partial charge in [0.2, 0.25) is 0 Å². The first-order valence-corrected chi connectivity index (χ1v) is 4.51. The molecular weight excluding hydrogens is 180 g/mol. The molecule has 1 aromatic carbocycles. The van der Waals surface area contributed by atoms with E-state index in [0.29, 0.717) is 12.2 Å². The molecular formula is C10H14N2O2. The van der Waals surface area contributed by atoms with E-state index in [9.17, 15) is 4.79 Å². The van der Waals surface area contributed by atoms with Crippen molar-refractivity contribution in [2.45, 2.75) is 13.5 Å². The van der Waals surface area contributed by atoms with Crippen molar-refractivity contribution in [3.63, 3.8) is 0 Å². The third-order valence-corrected chi connectivity index (χ3v) is 1.73. The highest BCUT2D eigenvalue weighted by atomic mass is 16.3. The van der Waals surface area contributed by atoms with Crippen LogP contribution in [0.3, 0.4) is 0 Å². The molecule has 0 aliphatic rings. The van der Waals surface area contributed by atoms with E-state index in [2.05, 4.69) is 10.6 Å². The number of hydrogen-bond acceptors (Lipinski definition) is 2. The third-order valence-electron chi connectivity index (χ3n) is 1.73. The van der Waals surface area contributed by atoms with Crippen LogP contribution in [0.15, 0.2) is 24.3 Å². The summed E-state index contributed by atoms with van der Waals surface area (Å²) >= 11 is 0. The van der Waals surface area contributed by atoms with Crippen LogP contribution in [0.5, 0.6) is 0 Å². The molecule has 0 aromatic heterocycles. The standard InChI is InChI=1S/C10H14N2O2/c1-2-11-10(14)12-9-5-3-8(7-13)4-6-9/h3-6,13H,2,7H2,1H3,(H2,11,12,14). The average molecular weight is 194 g/mol. The molecule has 0 bridgehead atoms. The predicted octanol–water partition coefficient (Wildman–Crippen LogP) is 1.32. The van der Waals surface area contributed by atoms with E-state index in [-0.39, 0.29) is 12.6 Å². The van der Waals surface area contributed by atoms with Crippen LogP contribution in [-0.2, 0) is 6.61 Å². The van der Waals surface area contributed by atoms with Gasteiger partial charge in [0, 0.05) is 12.2 Å². The van der Waals surface area contributed by atoms with Crippen molar-refractivity contribution in [2.24, 2.45) is 0 Å². The molecule has 0 unspecified atom stereocenters. The number of amides is 2. The van der Waals surface area contributed by atoms with Gasteiger partial charge in [0.1, 0.15) is 0 Å². The number of carbonyl (C=O) groups excluding carboxylic acids is 1. The van der Waals surface area contributed by atoms with E-state index in [1.807, 2.05) is 6.92 Å². The molecule has 0 fully saturated rings. The van der Waals surface area contributed by atoms with Crippen molar-refractivity contribution in [1.82, 2.24) is 5.32 Å². The summed E-state index contributed by atoms with van der Waals surface area (Å²) in [6.07, 6.45) is 0. The zero-order valence-corrected chi connectivity index (χ0v) is 8.08. The Morgan fingerprint density at radius 3 is 2.50 bits per heavy atom. The minimum Gasteiger partial charge on any atom is -0.392 e. The summed E-state index contributed by atoms with van der Waals surface area (Å²) in [4.78, 5) is 11.1. The van der Waals surface area contributed by atoms with Crippen LogP contribution < -0.4 is 10.6 Å². The fourth-order valence-electron chi connectivity index (χ4n) is 1.03. The van der Waals surface area contributed by atoms with Crippen molar-refractivity contribution < 1.29 is 9.90 Å². The Morgan fingerprint density at radius 2 is 2.00 bits per heavy atom. The molecule has 2 amide bonds. The van der Waals surface area contributed by atoms with Crippen LogP contribution in [0.1, 0.15) is 12.5 Å². The molecule has 0 aliphatic heterocycles. The van der Waals surface area contributed by atoms with Crippen LogP contribution in [0.4, 0.5) is 10.5 Å². The van der Waals surface area contributed by atoms with Crippen LogP contribution in [-0.4, -0.2) is 17.7 Å². The maximum Gasteiger partial charge on any atom is 0.319 e. The van der Waals surface area contributed by atoms with Crippen molar-refractivity contribution in [2.75, 3.05) is 11.9 Å². The van der Waals surface area contributed by atoms with E-state index in [1.165, 1.54) is 0 Å². The van der Waals surface area contributed by atoms with Crippen molar-refractivity contribution in [3.05, 3.63) is 29.8 Å². The molecule has 0 spiro atoms. The van der Waals surface area contributed by atoms with Gasteiger partial charge >= 0.3 is 6.03 Å². The van der Waals surface area contributed by atoms with Crippen LogP contribution >= 0.6 is 0 Å². The zero-order valence-electron chi connectivity index (χ0n) is 8.08. The minimum absolute atomic E-state index is 0.0153. The molecule has 4 nitrogen and oxygen atoms in total. The number of nitrogens with one attached hydrogen (secondary N) is 2. The Morgan fingerprint density at radius 1 is 1.36 bits per heavy atom. The molecule has 14 heavy (non-hydrogen) atoms. The lowest BCUT2D eigenvalue weighted by Crippen LogP contribution is -2.28. The van der Waals surface area contributed by atoms with Crippen molar-refractivity contribution >= 4 is 11.7 Å². The minimum atomic E-state index is -0.218. The number of carbonyl (C=O) groups is 1. The summed E-state index contributed by atoms with van der Waals surface area (Å²) in [6.45, 7) is 2.47. The molecule has 0 saturated heterocycles. The highest BCUT2D eigenvalue weighted by Crippen LogP contribution is 2.08. The second kappa shape index (κ2) is 5.24. The molecule has 76 valence electrons. The van der Waals surface area contributed by atoms with Crippen LogP contribution in [0.25, 0.3) is 0 Å². The Kier molecular flexibility index (Phi) is 3.94. The van der Waals surface area contributed by atoms with Gasteiger partial charge in [0.25, 0.3) is 0 Å². The SMILES string of the molecule is CCNC(=O)Nc1ccc(CO)cc1. The highest BCUT2D eigenvalue weighted by molar-refractivity contribution is 5.89. The summed E-state index contributed by atoms with van der Waals surface area (Å²) in [5.74, 6) is 0. The predicted molar refractivity (Wildman–Crippen MR) is 55.1 cm³/mol. The van der Waals surface area contributed by atoms with Gasteiger partial charge in [-0.2, -0.15) is 0 Å². The molecule has 0 atom stereocenters. The first-order valence-electron chi connectivity index (χ1n) is 4.51. The van der Waals surface area contributed by atoms with Gasteiger partial charge in [-0.05, 0) is 24.6 Å². The number of aliphatic hydroxyl groups is 1. The van der Waals surface area contributed by atoms with Gasteiger partial charge in [-0.15, -0.1) is 0 Å². The van der Waals surface area contributed by atoms with E-state index in [0.717, 1.165) is 5.56 Å². The smallest absolute Gasteiger partial charge is 0.319 e.